The molecule has 0 N–H and O–H groups in total. The van der Waals surface area contributed by atoms with Crippen LogP contribution >= 0.6 is 0 Å². The predicted molar refractivity (Wildman–Crippen MR) is 85.6 cm³/mol. The van der Waals surface area contributed by atoms with E-state index in [1.165, 1.54) is 11.3 Å². The predicted octanol–water partition coefficient (Wildman–Crippen LogP) is 2.22. The topological polar surface area (TPSA) is 53.5 Å². The largest absolute Gasteiger partial charge is 0.337 e. The standard InChI is InChI=1S/C18H21F2N3O2/c19-13-6-15(20)16(21-7-13)18(25)22-9-12-4-5-14(10-22)23(17(12)24)8-11-2-1-3-11/h6-7,11-12,14H,1-5,8-10H2/t12-,14+/m0/s1. The van der Waals surface area contributed by atoms with Crippen molar-refractivity contribution in [3.63, 3.8) is 0 Å². The Kier molecular flexibility index (Phi) is 4.17. The highest BCUT2D eigenvalue weighted by atomic mass is 19.1. The average molecular weight is 349 g/mol. The van der Waals surface area contributed by atoms with Gasteiger partial charge in [0, 0.05) is 31.7 Å². The molecule has 3 aliphatic heterocycles. The van der Waals surface area contributed by atoms with Gasteiger partial charge in [-0.1, -0.05) is 6.42 Å². The minimum atomic E-state index is -0.959. The molecule has 4 aliphatic rings. The van der Waals surface area contributed by atoms with Crippen LogP contribution in [-0.2, 0) is 4.79 Å². The van der Waals surface area contributed by atoms with E-state index in [0.29, 0.717) is 18.5 Å². The Morgan fingerprint density at radius 3 is 2.68 bits per heavy atom. The lowest BCUT2D eigenvalue weighted by molar-refractivity contribution is -0.141. The highest BCUT2D eigenvalue weighted by molar-refractivity contribution is 5.93. The van der Waals surface area contributed by atoms with E-state index in [4.69, 9.17) is 0 Å². The molecule has 5 rings (SSSR count). The van der Waals surface area contributed by atoms with Gasteiger partial charge in [-0.05, 0) is 31.6 Å². The number of nitrogens with zero attached hydrogens (tertiary/aromatic N) is 3. The number of carbonyl (C=O) groups excluding carboxylic acids is 2. The zero-order valence-electron chi connectivity index (χ0n) is 14.0. The van der Waals surface area contributed by atoms with E-state index >= 15 is 0 Å². The first kappa shape index (κ1) is 16.4. The summed E-state index contributed by atoms with van der Waals surface area (Å²) >= 11 is 0. The number of hydrogen-bond acceptors (Lipinski definition) is 3. The molecule has 134 valence electrons. The first-order valence-electron chi connectivity index (χ1n) is 8.93. The summed E-state index contributed by atoms with van der Waals surface area (Å²) in [6, 6.07) is 0.653. The first-order valence-corrected chi connectivity index (χ1v) is 8.93. The fourth-order valence-electron chi connectivity index (χ4n) is 4.12. The van der Waals surface area contributed by atoms with E-state index in [1.54, 1.807) is 0 Å². The number of amides is 2. The molecular formula is C18H21F2N3O2. The second-order valence-corrected chi connectivity index (χ2v) is 7.41. The number of piperidine rings is 1. The zero-order valence-corrected chi connectivity index (χ0v) is 14.0. The van der Waals surface area contributed by atoms with Crippen LogP contribution in [0.3, 0.4) is 0 Å². The summed E-state index contributed by atoms with van der Waals surface area (Å²) in [5.41, 5.74) is -0.374. The van der Waals surface area contributed by atoms with Crippen LogP contribution in [0.1, 0.15) is 42.6 Å². The lowest BCUT2D eigenvalue weighted by atomic mass is 9.83. The molecule has 2 atom stereocenters. The molecule has 1 aromatic rings. The maximum absolute atomic E-state index is 13.9. The average Bonchev–Trinajstić information content (AvgIpc) is 2.82. The lowest BCUT2D eigenvalue weighted by Crippen LogP contribution is -2.50. The summed E-state index contributed by atoms with van der Waals surface area (Å²) in [5, 5.41) is 0. The third-order valence-corrected chi connectivity index (χ3v) is 5.77. The van der Waals surface area contributed by atoms with Gasteiger partial charge in [-0.25, -0.2) is 13.8 Å². The van der Waals surface area contributed by atoms with Gasteiger partial charge in [-0.3, -0.25) is 9.59 Å². The van der Waals surface area contributed by atoms with Gasteiger partial charge < -0.3 is 9.80 Å². The molecule has 4 heterocycles. The highest BCUT2D eigenvalue weighted by Gasteiger charge is 2.43. The van der Waals surface area contributed by atoms with Crippen molar-refractivity contribution in [3.05, 3.63) is 29.6 Å². The van der Waals surface area contributed by atoms with Crippen molar-refractivity contribution in [2.75, 3.05) is 19.6 Å². The number of hydrogen-bond donors (Lipinski definition) is 0. The fourth-order valence-corrected chi connectivity index (χ4v) is 4.12. The third kappa shape index (κ3) is 3.00. The number of halogens is 2. The van der Waals surface area contributed by atoms with E-state index in [1.807, 2.05) is 4.90 Å². The highest BCUT2D eigenvalue weighted by Crippen LogP contribution is 2.34. The van der Waals surface area contributed by atoms with Crippen LogP contribution in [0.4, 0.5) is 8.78 Å². The van der Waals surface area contributed by atoms with Crippen molar-refractivity contribution < 1.29 is 18.4 Å². The van der Waals surface area contributed by atoms with Crippen molar-refractivity contribution in [1.82, 2.24) is 14.8 Å². The number of pyridine rings is 1. The number of fused-ring (bicyclic) bond motifs is 4. The molecule has 0 radical (unpaired) electrons. The van der Waals surface area contributed by atoms with E-state index in [-0.39, 0.29) is 30.1 Å². The molecule has 4 fully saturated rings. The van der Waals surface area contributed by atoms with Gasteiger partial charge in [0.2, 0.25) is 5.91 Å². The molecule has 2 bridgehead atoms. The lowest BCUT2D eigenvalue weighted by Gasteiger charge is -2.40. The van der Waals surface area contributed by atoms with Crippen LogP contribution in [0.25, 0.3) is 0 Å². The Labute approximate surface area is 145 Å². The maximum atomic E-state index is 13.9. The van der Waals surface area contributed by atoms with Crippen LogP contribution in [0.15, 0.2) is 12.3 Å². The molecule has 25 heavy (non-hydrogen) atoms. The van der Waals surface area contributed by atoms with E-state index < -0.39 is 17.5 Å². The summed E-state index contributed by atoms with van der Waals surface area (Å²) in [6.45, 7) is 1.45. The van der Waals surface area contributed by atoms with Crippen molar-refractivity contribution in [3.8, 4) is 0 Å². The molecule has 1 aromatic heterocycles. The maximum Gasteiger partial charge on any atom is 0.275 e. The van der Waals surface area contributed by atoms with Gasteiger partial charge in [-0.15, -0.1) is 0 Å². The monoisotopic (exact) mass is 349 g/mol. The first-order chi connectivity index (χ1) is 12.0. The van der Waals surface area contributed by atoms with E-state index in [0.717, 1.165) is 38.4 Å². The van der Waals surface area contributed by atoms with Gasteiger partial charge in [0.25, 0.3) is 5.91 Å². The smallest absolute Gasteiger partial charge is 0.275 e. The molecular weight excluding hydrogens is 328 g/mol. The SMILES string of the molecule is O=C(c1ncc(F)cc1F)N1C[C@@H]2CC[C@H](C1)N(CC1CCC1)C2=O. The van der Waals surface area contributed by atoms with Gasteiger partial charge in [-0.2, -0.15) is 0 Å². The molecule has 3 saturated heterocycles. The van der Waals surface area contributed by atoms with Crippen LogP contribution in [-0.4, -0.2) is 52.3 Å². The Balaban J connectivity index is 1.54. The molecule has 2 amide bonds. The quantitative estimate of drug-likeness (QED) is 0.841. The summed E-state index contributed by atoms with van der Waals surface area (Å²) in [6.07, 6.45) is 6.01. The second-order valence-electron chi connectivity index (χ2n) is 7.41. The fraction of sp³-hybridized carbons (Fsp3) is 0.611. The molecule has 1 aliphatic carbocycles. The van der Waals surface area contributed by atoms with Crippen LogP contribution in [0.5, 0.6) is 0 Å². The van der Waals surface area contributed by atoms with E-state index in [2.05, 4.69) is 4.98 Å². The molecule has 0 spiro atoms. The number of aromatic nitrogens is 1. The zero-order chi connectivity index (χ0) is 17.6. The summed E-state index contributed by atoms with van der Waals surface area (Å²) in [5.74, 6) is -1.88. The van der Waals surface area contributed by atoms with Gasteiger partial charge in [0.05, 0.1) is 12.1 Å². The Morgan fingerprint density at radius 1 is 1.20 bits per heavy atom. The summed E-state index contributed by atoms with van der Waals surface area (Å²) < 4.78 is 27.0. The minimum Gasteiger partial charge on any atom is -0.337 e. The summed E-state index contributed by atoms with van der Waals surface area (Å²) in [4.78, 5) is 32.5. The van der Waals surface area contributed by atoms with Crippen molar-refractivity contribution in [2.24, 2.45) is 11.8 Å². The van der Waals surface area contributed by atoms with Crippen LogP contribution < -0.4 is 0 Å². The van der Waals surface area contributed by atoms with Crippen molar-refractivity contribution >= 4 is 11.8 Å². The van der Waals surface area contributed by atoms with Gasteiger partial charge in [0.1, 0.15) is 5.82 Å². The minimum absolute atomic E-state index is 0.0145. The number of carbonyl (C=O) groups is 2. The van der Waals surface area contributed by atoms with E-state index in [9.17, 15) is 18.4 Å². The Morgan fingerprint density at radius 2 is 2.00 bits per heavy atom. The molecule has 5 nitrogen and oxygen atoms in total. The summed E-state index contributed by atoms with van der Waals surface area (Å²) in [7, 11) is 0. The van der Waals surface area contributed by atoms with Gasteiger partial charge >= 0.3 is 0 Å². The molecule has 0 aromatic carbocycles. The third-order valence-electron chi connectivity index (χ3n) is 5.77. The van der Waals surface area contributed by atoms with Gasteiger partial charge in [0.15, 0.2) is 11.5 Å². The van der Waals surface area contributed by atoms with Crippen LogP contribution in [0, 0.1) is 23.5 Å². The molecule has 0 unspecified atom stereocenters. The second kappa shape index (κ2) is 6.35. The number of rotatable bonds is 3. The van der Waals surface area contributed by atoms with Crippen molar-refractivity contribution in [1.29, 1.82) is 0 Å². The Bertz CT molecular complexity index is 708. The molecule has 7 heteroatoms. The van der Waals surface area contributed by atoms with Crippen LogP contribution in [0.2, 0.25) is 0 Å². The molecule has 1 saturated carbocycles. The normalized spacial score (nSPS) is 26.6. The van der Waals surface area contributed by atoms with Crippen molar-refractivity contribution in [2.45, 2.75) is 38.1 Å². The Hall–Kier alpha value is -2.05.